The van der Waals surface area contributed by atoms with Crippen LogP contribution >= 0.6 is 0 Å². The van der Waals surface area contributed by atoms with Crippen LogP contribution in [-0.2, 0) is 9.53 Å². The van der Waals surface area contributed by atoms with E-state index >= 15 is 0 Å². The number of rotatable bonds is 5. The molecule has 1 N–H and O–H groups in total. The van der Waals surface area contributed by atoms with Crippen molar-refractivity contribution in [1.29, 1.82) is 0 Å². The predicted molar refractivity (Wildman–Crippen MR) is 57.9 cm³/mol. The van der Waals surface area contributed by atoms with Gasteiger partial charge in [0.05, 0.1) is 6.61 Å². The van der Waals surface area contributed by atoms with Crippen LogP contribution in [0.15, 0.2) is 0 Å². The van der Waals surface area contributed by atoms with Gasteiger partial charge in [0.15, 0.2) is 0 Å². The lowest BCUT2D eigenvalue weighted by Crippen LogP contribution is -2.50. The van der Waals surface area contributed by atoms with Gasteiger partial charge in [-0.3, -0.25) is 9.69 Å². The van der Waals surface area contributed by atoms with E-state index in [1.807, 2.05) is 6.92 Å². The third-order valence-electron chi connectivity index (χ3n) is 3.04. The molecule has 2 atom stereocenters. The van der Waals surface area contributed by atoms with Crippen molar-refractivity contribution in [3.05, 3.63) is 0 Å². The lowest BCUT2D eigenvalue weighted by atomic mass is 10.0. The molecule has 0 radical (unpaired) electrons. The van der Waals surface area contributed by atoms with E-state index in [0.717, 1.165) is 19.4 Å². The van der Waals surface area contributed by atoms with Crippen molar-refractivity contribution in [2.75, 3.05) is 19.8 Å². The number of aliphatic carboxylic acids is 1. The Morgan fingerprint density at radius 1 is 1.60 bits per heavy atom. The minimum Gasteiger partial charge on any atom is -0.480 e. The maximum Gasteiger partial charge on any atom is 0.320 e. The van der Waals surface area contributed by atoms with Crippen molar-refractivity contribution in [2.45, 2.75) is 45.2 Å². The molecular formula is C11H21NO3. The summed E-state index contributed by atoms with van der Waals surface area (Å²) >= 11 is 0. The molecule has 0 spiro atoms. The molecule has 1 aliphatic heterocycles. The molecule has 0 unspecified atom stereocenters. The molecule has 0 amide bonds. The molecule has 0 aromatic rings. The number of carboxylic acid groups (broad SMARTS) is 1. The van der Waals surface area contributed by atoms with Gasteiger partial charge in [-0.25, -0.2) is 0 Å². The molecule has 0 bridgehead atoms. The van der Waals surface area contributed by atoms with Crippen LogP contribution in [0.1, 0.15) is 33.1 Å². The maximum absolute atomic E-state index is 10.9. The first-order valence-corrected chi connectivity index (χ1v) is 5.73. The van der Waals surface area contributed by atoms with Gasteiger partial charge in [0.2, 0.25) is 0 Å². The lowest BCUT2D eigenvalue weighted by Gasteiger charge is -2.37. The van der Waals surface area contributed by atoms with Crippen LogP contribution in [0.5, 0.6) is 0 Å². The van der Waals surface area contributed by atoms with E-state index in [1.165, 1.54) is 6.42 Å². The SMILES string of the molecule is CCOC[C@@H]1CCCCN1[C@@H](C)C(=O)O. The van der Waals surface area contributed by atoms with Gasteiger partial charge in [0, 0.05) is 12.6 Å². The lowest BCUT2D eigenvalue weighted by molar-refractivity contribution is -0.144. The van der Waals surface area contributed by atoms with E-state index in [1.54, 1.807) is 6.92 Å². The third kappa shape index (κ3) is 3.47. The number of carboxylic acids is 1. The summed E-state index contributed by atoms with van der Waals surface area (Å²) in [6.45, 7) is 5.96. The van der Waals surface area contributed by atoms with Crippen LogP contribution in [0.2, 0.25) is 0 Å². The summed E-state index contributed by atoms with van der Waals surface area (Å²) in [5, 5.41) is 8.99. The smallest absolute Gasteiger partial charge is 0.320 e. The Morgan fingerprint density at radius 2 is 2.33 bits per heavy atom. The standard InChI is InChI=1S/C11H21NO3/c1-3-15-8-10-6-4-5-7-12(10)9(2)11(13)14/h9-10H,3-8H2,1-2H3,(H,13,14)/t9-,10-/m0/s1. The summed E-state index contributed by atoms with van der Waals surface area (Å²) < 4.78 is 5.40. The average Bonchev–Trinajstić information content (AvgIpc) is 2.25. The Kier molecular flexibility index (Phi) is 5.05. The van der Waals surface area contributed by atoms with Crippen molar-refractivity contribution < 1.29 is 14.6 Å². The highest BCUT2D eigenvalue weighted by Gasteiger charge is 2.29. The zero-order valence-electron chi connectivity index (χ0n) is 9.61. The summed E-state index contributed by atoms with van der Waals surface area (Å²) in [6, 6.07) is -0.111. The molecular weight excluding hydrogens is 194 g/mol. The second kappa shape index (κ2) is 6.08. The van der Waals surface area contributed by atoms with E-state index < -0.39 is 12.0 Å². The maximum atomic E-state index is 10.9. The first-order chi connectivity index (χ1) is 7.16. The monoisotopic (exact) mass is 215 g/mol. The minimum absolute atomic E-state index is 0.282. The Bertz CT molecular complexity index is 208. The van der Waals surface area contributed by atoms with Crippen molar-refractivity contribution >= 4 is 5.97 Å². The molecule has 1 aliphatic rings. The van der Waals surface area contributed by atoms with Gasteiger partial charge >= 0.3 is 5.97 Å². The zero-order chi connectivity index (χ0) is 11.3. The Labute approximate surface area is 91.2 Å². The number of hydrogen-bond donors (Lipinski definition) is 1. The van der Waals surface area contributed by atoms with Crippen LogP contribution in [-0.4, -0.2) is 47.8 Å². The highest BCUT2D eigenvalue weighted by atomic mass is 16.5. The summed E-state index contributed by atoms with van der Waals surface area (Å²) in [4.78, 5) is 13.0. The average molecular weight is 215 g/mol. The zero-order valence-corrected chi connectivity index (χ0v) is 9.61. The summed E-state index contributed by atoms with van der Waals surface area (Å²) in [5.74, 6) is -0.738. The second-order valence-corrected chi connectivity index (χ2v) is 4.06. The number of piperidine rings is 1. The van der Waals surface area contributed by atoms with Crippen LogP contribution in [0.4, 0.5) is 0 Å². The molecule has 1 saturated heterocycles. The fourth-order valence-corrected chi connectivity index (χ4v) is 2.11. The van der Waals surface area contributed by atoms with Crippen molar-refractivity contribution in [1.82, 2.24) is 4.90 Å². The molecule has 4 heteroatoms. The van der Waals surface area contributed by atoms with E-state index in [0.29, 0.717) is 13.2 Å². The first-order valence-electron chi connectivity index (χ1n) is 5.73. The molecule has 0 saturated carbocycles. The summed E-state index contributed by atoms with van der Waals surface area (Å²) in [6.07, 6.45) is 3.33. The van der Waals surface area contributed by atoms with Crippen LogP contribution in [0.25, 0.3) is 0 Å². The number of nitrogens with zero attached hydrogens (tertiary/aromatic N) is 1. The Hall–Kier alpha value is -0.610. The summed E-state index contributed by atoms with van der Waals surface area (Å²) in [5.41, 5.74) is 0. The normalized spacial score (nSPS) is 25.1. The second-order valence-electron chi connectivity index (χ2n) is 4.06. The molecule has 1 rings (SSSR count). The third-order valence-corrected chi connectivity index (χ3v) is 3.04. The highest BCUT2D eigenvalue weighted by Crippen LogP contribution is 2.19. The number of ether oxygens (including phenoxy) is 1. The van der Waals surface area contributed by atoms with Gasteiger partial charge in [-0.15, -0.1) is 0 Å². The number of hydrogen-bond acceptors (Lipinski definition) is 3. The van der Waals surface area contributed by atoms with Gasteiger partial charge in [-0.05, 0) is 33.2 Å². The van der Waals surface area contributed by atoms with Crippen molar-refractivity contribution in [3.63, 3.8) is 0 Å². The topological polar surface area (TPSA) is 49.8 Å². The molecule has 1 heterocycles. The van der Waals surface area contributed by atoms with E-state index in [2.05, 4.69) is 4.90 Å². The van der Waals surface area contributed by atoms with Crippen molar-refractivity contribution in [2.24, 2.45) is 0 Å². The van der Waals surface area contributed by atoms with Crippen molar-refractivity contribution in [3.8, 4) is 0 Å². The van der Waals surface area contributed by atoms with E-state index in [9.17, 15) is 4.79 Å². The first kappa shape index (κ1) is 12.5. The molecule has 0 aliphatic carbocycles. The van der Waals surface area contributed by atoms with Crippen LogP contribution < -0.4 is 0 Å². The molecule has 15 heavy (non-hydrogen) atoms. The predicted octanol–water partition coefficient (Wildman–Crippen LogP) is 1.35. The fourth-order valence-electron chi connectivity index (χ4n) is 2.11. The fraction of sp³-hybridized carbons (Fsp3) is 0.909. The Morgan fingerprint density at radius 3 is 2.93 bits per heavy atom. The van der Waals surface area contributed by atoms with E-state index in [-0.39, 0.29) is 6.04 Å². The molecule has 1 fully saturated rings. The Balaban J connectivity index is 2.52. The van der Waals surface area contributed by atoms with Gasteiger partial charge in [0.25, 0.3) is 0 Å². The molecule has 88 valence electrons. The minimum atomic E-state index is -0.738. The number of carbonyl (C=O) groups is 1. The molecule has 4 nitrogen and oxygen atoms in total. The molecule has 0 aromatic heterocycles. The van der Waals surface area contributed by atoms with Crippen LogP contribution in [0.3, 0.4) is 0 Å². The summed E-state index contributed by atoms with van der Waals surface area (Å²) in [7, 11) is 0. The van der Waals surface area contributed by atoms with Gasteiger partial charge in [-0.2, -0.15) is 0 Å². The van der Waals surface area contributed by atoms with Crippen LogP contribution in [0, 0.1) is 0 Å². The van der Waals surface area contributed by atoms with Gasteiger partial charge < -0.3 is 9.84 Å². The largest absolute Gasteiger partial charge is 0.480 e. The number of likely N-dealkylation sites (tertiary alicyclic amines) is 1. The van der Waals surface area contributed by atoms with E-state index in [4.69, 9.17) is 9.84 Å². The molecule has 0 aromatic carbocycles. The quantitative estimate of drug-likeness (QED) is 0.752. The van der Waals surface area contributed by atoms with Gasteiger partial charge in [0.1, 0.15) is 6.04 Å². The van der Waals surface area contributed by atoms with Gasteiger partial charge in [-0.1, -0.05) is 6.42 Å². The highest BCUT2D eigenvalue weighted by molar-refractivity contribution is 5.72.